The predicted octanol–water partition coefficient (Wildman–Crippen LogP) is 1.86. The van der Waals surface area contributed by atoms with Gasteiger partial charge in [0.2, 0.25) is 0 Å². The second kappa shape index (κ2) is 8.79. The number of hydrogen-bond donors (Lipinski definition) is 4. The molecule has 2 unspecified atom stereocenters. The van der Waals surface area contributed by atoms with Gasteiger partial charge in [0.25, 0.3) is 0 Å². The number of benzene rings is 2. The number of likely N-dealkylation sites (N-methyl/N-ethyl adjacent to an activating group) is 1. The minimum absolute atomic E-state index is 0.0622. The van der Waals surface area contributed by atoms with Crippen LogP contribution in [0.3, 0.4) is 0 Å². The monoisotopic (exact) mass is 491 g/mol. The number of phenolic OH excluding ortho intramolecular Hbond substituents is 1. The number of rotatable bonds is 4. The zero-order valence-electron chi connectivity index (χ0n) is 17.4. The van der Waals surface area contributed by atoms with Gasteiger partial charge < -0.3 is 24.1 Å². The molecule has 33 heavy (non-hydrogen) atoms. The highest BCUT2D eigenvalue weighted by molar-refractivity contribution is 7.46. The highest BCUT2D eigenvalue weighted by Crippen LogP contribution is 2.45. The maximum Gasteiger partial charge on any atom is 0.524 e. The van der Waals surface area contributed by atoms with Crippen LogP contribution in [0.2, 0.25) is 5.02 Å². The standard InChI is InChI=1S/C21H20BClNO8P/c1-24-7-6-11(14(26)9-24)16-19(27)18(22)21(32-33(28,29)30)17-13(25)8-15(31-20(16)17)10-4-2-3-5-12(10)23/h2-5,8,11,14,26-27H,6-7,9H2,1H3,(H2,28,29,30). The zero-order chi connectivity index (χ0) is 24.1. The lowest BCUT2D eigenvalue weighted by atomic mass is 9.80. The van der Waals surface area contributed by atoms with Crippen LogP contribution in [-0.2, 0) is 4.57 Å². The summed E-state index contributed by atoms with van der Waals surface area (Å²) < 4.78 is 22.3. The van der Waals surface area contributed by atoms with Crippen molar-refractivity contribution in [2.24, 2.45) is 0 Å². The van der Waals surface area contributed by atoms with Crippen LogP contribution < -0.4 is 15.4 Å². The van der Waals surface area contributed by atoms with Crippen molar-refractivity contribution in [3.05, 3.63) is 51.1 Å². The highest BCUT2D eigenvalue weighted by Gasteiger charge is 2.35. The van der Waals surface area contributed by atoms with Gasteiger partial charge in [0, 0.05) is 29.7 Å². The quantitative estimate of drug-likeness (QED) is 0.318. The third-order valence-corrected chi connectivity index (χ3v) is 6.43. The molecule has 1 aromatic heterocycles. The smallest absolute Gasteiger partial charge is 0.508 e. The van der Waals surface area contributed by atoms with E-state index in [1.54, 1.807) is 24.3 Å². The van der Waals surface area contributed by atoms with Gasteiger partial charge in [0.1, 0.15) is 36.1 Å². The molecule has 2 radical (unpaired) electrons. The van der Waals surface area contributed by atoms with E-state index in [2.05, 4.69) is 4.52 Å². The topological polar surface area (TPSA) is 141 Å². The molecular formula is C21H20BClNO8P. The van der Waals surface area contributed by atoms with Gasteiger partial charge in [-0.3, -0.25) is 14.6 Å². The Kier molecular flexibility index (Phi) is 6.35. The molecule has 4 N–H and O–H groups in total. The average molecular weight is 492 g/mol. The number of phosphoric ester groups is 1. The molecule has 1 fully saturated rings. The Morgan fingerprint density at radius 1 is 1.30 bits per heavy atom. The van der Waals surface area contributed by atoms with Crippen LogP contribution in [0, 0.1) is 0 Å². The summed E-state index contributed by atoms with van der Waals surface area (Å²) in [7, 11) is 2.65. The number of halogens is 1. The molecule has 0 aliphatic carbocycles. The van der Waals surface area contributed by atoms with Crippen molar-refractivity contribution in [3.63, 3.8) is 0 Å². The van der Waals surface area contributed by atoms with Crippen LogP contribution in [0.5, 0.6) is 11.5 Å². The first-order valence-corrected chi connectivity index (χ1v) is 11.9. The van der Waals surface area contributed by atoms with Gasteiger partial charge in [0.15, 0.2) is 5.43 Å². The number of phosphoric acid groups is 1. The SMILES string of the molecule is [B]c1c(O)c(C2CCN(C)CC2O)c2oc(-c3ccccc3Cl)cc(=O)c2c1OP(=O)(O)O. The molecule has 1 aliphatic rings. The van der Waals surface area contributed by atoms with E-state index in [1.807, 2.05) is 11.9 Å². The summed E-state index contributed by atoms with van der Waals surface area (Å²) in [5.41, 5.74) is -0.995. The number of phenols is 1. The van der Waals surface area contributed by atoms with Gasteiger partial charge in [-0.25, -0.2) is 4.57 Å². The molecule has 2 heterocycles. The van der Waals surface area contributed by atoms with E-state index in [1.165, 1.54) is 0 Å². The van der Waals surface area contributed by atoms with Crippen LogP contribution in [0.1, 0.15) is 17.9 Å². The van der Waals surface area contributed by atoms with Gasteiger partial charge in [-0.15, -0.1) is 0 Å². The number of likely N-dealkylation sites (tertiary alicyclic amines) is 1. The molecule has 9 nitrogen and oxygen atoms in total. The van der Waals surface area contributed by atoms with E-state index in [9.17, 15) is 29.4 Å². The number of fused-ring (bicyclic) bond motifs is 1. The van der Waals surface area contributed by atoms with Gasteiger partial charge in [-0.2, -0.15) is 0 Å². The van der Waals surface area contributed by atoms with E-state index >= 15 is 0 Å². The second-order valence-corrected chi connectivity index (χ2v) is 9.54. The Balaban J connectivity index is 2.08. The largest absolute Gasteiger partial charge is 0.524 e. The van der Waals surface area contributed by atoms with Crippen LogP contribution >= 0.6 is 19.4 Å². The maximum absolute atomic E-state index is 13.2. The molecule has 1 saturated heterocycles. The van der Waals surface area contributed by atoms with Crippen molar-refractivity contribution < 1.29 is 33.5 Å². The number of β-amino-alcohol motifs (C(OH)–C–C–N with tert-alkyl or cyclic N) is 1. The molecule has 172 valence electrons. The summed E-state index contributed by atoms with van der Waals surface area (Å²) in [4.78, 5) is 33.8. The Morgan fingerprint density at radius 3 is 2.64 bits per heavy atom. The molecule has 0 amide bonds. The van der Waals surface area contributed by atoms with Crippen molar-refractivity contribution in [1.82, 2.24) is 4.90 Å². The zero-order valence-corrected chi connectivity index (χ0v) is 19.1. The summed E-state index contributed by atoms with van der Waals surface area (Å²) >= 11 is 6.26. The molecule has 4 rings (SSSR count). The number of piperidine rings is 1. The molecule has 2 atom stereocenters. The third-order valence-electron chi connectivity index (χ3n) is 5.68. The van der Waals surface area contributed by atoms with Crippen molar-refractivity contribution in [3.8, 4) is 22.8 Å². The fraction of sp³-hybridized carbons (Fsp3) is 0.286. The summed E-state index contributed by atoms with van der Waals surface area (Å²) in [6, 6.07) is 7.72. The summed E-state index contributed by atoms with van der Waals surface area (Å²) in [6.07, 6.45) is -0.529. The second-order valence-electron chi connectivity index (χ2n) is 7.97. The Bertz CT molecular complexity index is 1340. The van der Waals surface area contributed by atoms with Gasteiger partial charge >= 0.3 is 7.82 Å². The first-order valence-electron chi connectivity index (χ1n) is 9.96. The summed E-state index contributed by atoms with van der Waals surface area (Å²) in [5, 5.41) is 21.6. The molecule has 2 aromatic carbocycles. The van der Waals surface area contributed by atoms with Crippen LogP contribution in [-0.4, -0.2) is 59.0 Å². The van der Waals surface area contributed by atoms with Gasteiger partial charge in [-0.05, 0) is 37.6 Å². The fourth-order valence-electron chi connectivity index (χ4n) is 4.17. The number of aliphatic hydroxyl groups is 1. The first kappa shape index (κ1) is 23.8. The highest BCUT2D eigenvalue weighted by atomic mass is 35.5. The number of aliphatic hydroxyl groups excluding tert-OH is 1. The lowest BCUT2D eigenvalue weighted by molar-refractivity contribution is 0.0631. The molecule has 1 aliphatic heterocycles. The number of nitrogens with zero attached hydrogens (tertiary/aromatic N) is 1. The van der Waals surface area contributed by atoms with Gasteiger partial charge in [-0.1, -0.05) is 23.7 Å². The van der Waals surface area contributed by atoms with E-state index in [4.69, 9.17) is 23.9 Å². The molecular weight excluding hydrogens is 471 g/mol. The van der Waals surface area contributed by atoms with Crippen LogP contribution in [0.25, 0.3) is 22.3 Å². The Labute approximate surface area is 194 Å². The molecule has 12 heteroatoms. The minimum atomic E-state index is -5.15. The maximum atomic E-state index is 13.2. The lowest BCUT2D eigenvalue weighted by Gasteiger charge is -2.34. The first-order chi connectivity index (χ1) is 15.5. The van der Waals surface area contributed by atoms with Crippen molar-refractivity contribution in [1.29, 1.82) is 0 Å². The van der Waals surface area contributed by atoms with Crippen LogP contribution in [0.4, 0.5) is 0 Å². The lowest BCUT2D eigenvalue weighted by Crippen LogP contribution is -2.40. The van der Waals surface area contributed by atoms with E-state index < -0.39 is 42.2 Å². The Morgan fingerprint density at radius 2 is 2.00 bits per heavy atom. The minimum Gasteiger partial charge on any atom is -0.508 e. The normalized spacial score (nSPS) is 19.7. The van der Waals surface area contributed by atoms with Crippen molar-refractivity contribution in [2.75, 3.05) is 20.1 Å². The molecule has 0 bridgehead atoms. The fourth-order valence-corrected chi connectivity index (χ4v) is 4.83. The molecule has 0 saturated carbocycles. The average Bonchev–Trinajstić information content (AvgIpc) is 2.72. The predicted molar refractivity (Wildman–Crippen MR) is 124 cm³/mol. The van der Waals surface area contributed by atoms with Gasteiger partial charge in [0.05, 0.1) is 11.1 Å². The third kappa shape index (κ3) is 4.55. The molecule has 3 aromatic rings. The summed E-state index contributed by atoms with van der Waals surface area (Å²) in [5.74, 6) is -1.88. The van der Waals surface area contributed by atoms with Crippen LogP contribution in [0.15, 0.2) is 39.5 Å². The number of aromatic hydroxyl groups is 1. The van der Waals surface area contributed by atoms with E-state index in [0.717, 1.165) is 6.07 Å². The van der Waals surface area contributed by atoms with Crippen molar-refractivity contribution in [2.45, 2.75) is 18.4 Å². The van der Waals surface area contributed by atoms with E-state index in [-0.39, 0.29) is 22.3 Å². The molecule has 0 spiro atoms. The number of hydrogen-bond acceptors (Lipinski definition) is 7. The van der Waals surface area contributed by atoms with Crippen molar-refractivity contribution >= 4 is 43.7 Å². The van der Waals surface area contributed by atoms with E-state index in [0.29, 0.717) is 30.1 Å². The Hall–Kier alpha value is -2.33. The summed E-state index contributed by atoms with van der Waals surface area (Å²) in [6.45, 7) is 0.873.